The second kappa shape index (κ2) is 13.5. The Morgan fingerprint density at radius 3 is 1.45 bits per heavy atom. The summed E-state index contributed by atoms with van der Waals surface area (Å²) in [5.74, 6) is -10.3. The second-order valence-corrected chi connectivity index (χ2v) is 8.65. The SMILES string of the molecule is CC(C)OC(CCCCCCCCCc1c(F)c(F)c(F)c(F)c1F)(O[SiH3])OC(C)C. The summed E-state index contributed by atoms with van der Waals surface area (Å²) in [5, 5.41) is 0. The number of hydrogen-bond acceptors (Lipinski definition) is 3. The van der Waals surface area contributed by atoms with Crippen molar-refractivity contribution in [2.24, 2.45) is 0 Å². The lowest BCUT2D eigenvalue weighted by Gasteiger charge is -2.36. The van der Waals surface area contributed by atoms with E-state index >= 15 is 0 Å². The van der Waals surface area contributed by atoms with Gasteiger partial charge < -0.3 is 13.9 Å². The van der Waals surface area contributed by atoms with E-state index in [1.54, 1.807) is 0 Å². The topological polar surface area (TPSA) is 27.7 Å². The zero-order valence-corrected chi connectivity index (χ0v) is 21.1. The van der Waals surface area contributed by atoms with E-state index in [0.29, 0.717) is 29.7 Å². The lowest BCUT2D eigenvalue weighted by Crippen LogP contribution is -2.42. The van der Waals surface area contributed by atoms with Crippen LogP contribution in [0.15, 0.2) is 0 Å². The Balaban J connectivity index is 2.33. The second-order valence-electron chi connectivity index (χ2n) is 8.24. The normalized spacial score (nSPS) is 12.5. The molecule has 0 heterocycles. The molecule has 31 heavy (non-hydrogen) atoms. The number of ether oxygens (including phenoxy) is 2. The highest BCUT2D eigenvalue weighted by atomic mass is 28.2. The van der Waals surface area contributed by atoms with Crippen molar-refractivity contribution >= 4 is 10.5 Å². The first-order chi connectivity index (χ1) is 14.5. The molecule has 180 valence electrons. The van der Waals surface area contributed by atoms with Crippen molar-refractivity contribution in [3.05, 3.63) is 34.6 Å². The minimum atomic E-state index is -2.11. The molecule has 0 aromatic heterocycles. The van der Waals surface area contributed by atoms with Crippen LogP contribution >= 0.6 is 0 Å². The molecule has 0 fully saturated rings. The van der Waals surface area contributed by atoms with Crippen molar-refractivity contribution in [1.82, 2.24) is 0 Å². The van der Waals surface area contributed by atoms with Gasteiger partial charge in [0, 0.05) is 12.0 Å². The van der Waals surface area contributed by atoms with Crippen LogP contribution in [0, 0.1) is 29.1 Å². The average Bonchev–Trinajstić information content (AvgIpc) is 2.70. The maximum absolute atomic E-state index is 13.7. The molecule has 0 aliphatic rings. The number of halogens is 5. The largest absolute Gasteiger partial charge is 0.380 e. The van der Waals surface area contributed by atoms with E-state index in [1.807, 2.05) is 27.7 Å². The van der Waals surface area contributed by atoms with E-state index in [0.717, 1.165) is 32.1 Å². The first kappa shape index (κ1) is 28.0. The van der Waals surface area contributed by atoms with Gasteiger partial charge in [0.2, 0.25) is 5.82 Å². The van der Waals surface area contributed by atoms with E-state index in [9.17, 15) is 22.0 Å². The molecule has 0 N–H and O–H groups in total. The zero-order valence-electron chi connectivity index (χ0n) is 19.1. The maximum atomic E-state index is 13.7. The molecule has 9 heteroatoms. The average molecular weight is 471 g/mol. The van der Waals surface area contributed by atoms with Crippen LogP contribution in [0.4, 0.5) is 22.0 Å². The van der Waals surface area contributed by atoms with Crippen LogP contribution in [0.2, 0.25) is 0 Å². The summed E-state index contributed by atoms with van der Waals surface area (Å²) < 4.78 is 84.2. The molecule has 0 aliphatic carbocycles. The predicted octanol–water partition coefficient (Wildman–Crippen LogP) is 5.85. The summed E-state index contributed by atoms with van der Waals surface area (Å²) in [6.45, 7) is 7.74. The van der Waals surface area contributed by atoms with Gasteiger partial charge >= 0.3 is 0 Å². The smallest absolute Gasteiger partial charge is 0.273 e. The van der Waals surface area contributed by atoms with Crippen molar-refractivity contribution in [2.45, 2.75) is 104 Å². The summed E-state index contributed by atoms with van der Waals surface area (Å²) in [6, 6.07) is 0. The summed E-state index contributed by atoms with van der Waals surface area (Å²) in [4.78, 5) is 0. The quantitative estimate of drug-likeness (QED) is 0.0804. The molecule has 3 nitrogen and oxygen atoms in total. The standard InChI is InChI=1S/C22H35F5O3Si/c1-14(2)28-22(30-31,29-15(3)4)13-11-9-7-5-6-8-10-12-16-17(23)19(25)21(27)20(26)18(16)24/h14-15H,5-13H2,1-4,31H3. The minimum Gasteiger partial charge on any atom is -0.380 e. The summed E-state index contributed by atoms with van der Waals surface area (Å²) in [7, 11) is 0.492. The Kier molecular flexibility index (Phi) is 12.2. The predicted molar refractivity (Wildman–Crippen MR) is 113 cm³/mol. The van der Waals surface area contributed by atoms with Gasteiger partial charge in [0.1, 0.15) is 0 Å². The first-order valence-electron chi connectivity index (χ1n) is 11.0. The van der Waals surface area contributed by atoms with Crippen LogP contribution in [-0.4, -0.2) is 28.7 Å². The molecule has 0 unspecified atom stereocenters. The maximum Gasteiger partial charge on any atom is 0.273 e. The summed E-state index contributed by atoms with van der Waals surface area (Å²) in [5.41, 5.74) is -0.730. The molecule has 0 amide bonds. The Morgan fingerprint density at radius 2 is 1.03 bits per heavy atom. The highest BCUT2D eigenvalue weighted by molar-refractivity contribution is 5.98. The fourth-order valence-electron chi connectivity index (χ4n) is 3.46. The highest BCUT2D eigenvalue weighted by Gasteiger charge is 2.33. The van der Waals surface area contributed by atoms with Crippen molar-refractivity contribution < 1.29 is 35.9 Å². The van der Waals surface area contributed by atoms with Gasteiger partial charge in [0.15, 0.2) is 33.8 Å². The Labute approximate surface area is 185 Å². The monoisotopic (exact) mass is 470 g/mol. The summed E-state index contributed by atoms with van der Waals surface area (Å²) >= 11 is 0. The third-order valence-corrected chi connectivity index (χ3v) is 5.47. The van der Waals surface area contributed by atoms with E-state index in [-0.39, 0.29) is 18.6 Å². The molecule has 1 aromatic carbocycles. The molecule has 0 bridgehead atoms. The van der Waals surface area contributed by atoms with Crippen molar-refractivity contribution in [1.29, 1.82) is 0 Å². The molecule has 0 spiro atoms. The van der Waals surface area contributed by atoms with E-state index < -0.39 is 40.6 Å². The van der Waals surface area contributed by atoms with Crippen LogP contribution in [0.25, 0.3) is 0 Å². The fourth-order valence-corrected chi connectivity index (χ4v) is 3.86. The lowest BCUT2D eigenvalue weighted by molar-refractivity contribution is -0.369. The molecule has 0 atom stereocenters. The van der Waals surface area contributed by atoms with Gasteiger partial charge in [0.25, 0.3) is 5.97 Å². The summed E-state index contributed by atoms with van der Waals surface area (Å²) in [6.07, 6.45) is 5.95. The van der Waals surface area contributed by atoms with Crippen LogP contribution in [0.3, 0.4) is 0 Å². The third kappa shape index (κ3) is 8.79. The Hall–Kier alpha value is -1.03. The van der Waals surface area contributed by atoms with E-state index in [1.165, 1.54) is 0 Å². The van der Waals surface area contributed by atoms with Crippen LogP contribution in [0.1, 0.15) is 84.6 Å². The third-order valence-electron chi connectivity index (χ3n) is 4.85. The highest BCUT2D eigenvalue weighted by Crippen LogP contribution is 2.27. The molecule has 0 aliphatic heterocycles. The van der Waals surface area contributed by atoms with Crippen LogP contribution in [0.5, 0.6) is 0 Å². The van der Waals surface area contributed by atoms with Gasteiger partial charge in [-0.15, -0.1) is 0 Å². The Bertz CT molecular complexity index is 647. The van der Waals surface area contributed by atoms with Crippen molar-refractivity contribution in [2.75, 3.05) is 0 Å². The Morgan fingerprint density at radius 1 is 0.645 bits per heavy atom. The number of unbranched alkanes of at least 4 members (excludes halogenated alkanes) is 6. The molecule has 1 aromatic rings. The first-order valence-corrected chi connectivity index (χ1v) is 11.8. The van der Waals surface area contributed by atoms with Gasteiger partial charge in [-0.05, 0) is 47.0 Å². The molecule has 0 saturated heterocycles. The van der Waals surface area contributed by atoms with Crippen molar-refractivity contribution in [3.63, 3.8) is 0 Å². The van der Waals surface area contributed by atoms with Crippen molar-refractivity contribution in [3.8, 4) is 0 Å². The number of rotatable bonds is 15. The number of benzene rings is 1. The number of hydrogen-bond donors (Lipinski definition) is 0. The van der Waals surface area contributed by atoms with Gasteiger partial charge in [0.05, 0.1) is 12.2 Å². The van der Waals surface area contributed by atoms with Gasteiger partial charge in [-0.1, -0.05) is 32.1 Å². The molecule has 1 rings (SSSR count). The van der Waals surface area contributed by atoms with Crippen LogP contribution < -0.4 is 0 Å². The molecule has 0 radical (unpaired) electrons. The van der Waals surface area contributed by atoms with E-state index in [2.05, 4.69) is 0 Å². The van der Waals surface area contributed by atoms with Crippen LogP contribution in [-0.2, 0) is 20.3 Å². The minimum absolute atomic E-state index is 0.0227. The lowest BCUT2D eigenvalue weighted by atomic mass is 10.0. The molecular weight excluding hydrogens is 435 g/mol. The zero-order chi connectivity index (χ0) is 23.6. The van der Waals surface area contributed by atoms with Gasteiger partial charge in [-0.25, -0.2) is 22.0 Å². The molecular formula is C22H35F5O3Si. The van der Waals surface area contributed by atoms with E-state index in [4.69, 9.17) is 13.9 Å². The van der Waals surface area contributed by atoms with Gasteiger partial charge in [-0.3, -0.25) is 0 Å². The van der Waals surface area contributed by atoms with Gasteiger partial charge in [-0.2, -0.15) is 0 Å². The fraction of sp³-hybridized carbons (Fsp3) is 0.727. The molecule has 0 saturated carbocycles.